The van der Waals surface area contributed by atoms with Gasteiger partial charge in [0.2, 0.25) is 0 Å². The van der Waals surface area contributed by atoms with Crippen molar-refractivity contribution in [1.82, 2.24) is 0 Å². The van der Waals surface area contributed by atoms with Crippen molar-refractivity contribution in [3.05, 3.63) is 152 Å². The minimum atomic E-state index is -0.877. The van der Waals surface area contributed by atoms with Crippen LogP contribution in [0.2, 0.25) is 0 Å². The molecule has 0 fully saturated rings. The number of rotatable bonds is 3. The normalized spacial score (nSPS) is 9.06. The molecule has 0 spiro atoms. The predicted molar refractivity (Wildman–Crippen MR) is 128 cm³/mol. The summed E-state index contributed by atoms with van der Waals surface area (Å²) in [6.45, 7) is 0. The summed E-state index contributed by atoms with van der Waals surface area (Å²) in [5.41, 5.74) is 0. The summed E-state index contributed by atoms with van der Waals surface area (Å²) >= 11 is 0. The second-order valence-electron chi connectivity index (χ2n) is 6.40. The molecule has 0 aliphatic carbocycles. The molecule has 0 unspecified atom stereocenters. The van der Waals surface area contributed by atoms with E-state index < -0.39 is 8.80 Å². The van der Waals surface area contributed by atoms with E-state index in [1.165, 1.54) is 15.6 Å². The van der Waals surface area contributed by atoms with Crippen LogP contribution in [-0.2, 0) is 26.2 Å². The average molecular weight is 516 g/mol. The first-order chi connectivity index (χ1) is 14.4. The Bertz CT molecular complexity index is 828. The standard InChI is InChI=1S/C18H15Si.2C5H5.ClH.Zr/c1-4-10-16(11-5-1)19(17-12-6-2-7-13-17)18-14-8-3-9-15-18;2*1-2-4-5-3-1;;/h1-15H;2*1-5H;1H;/q;2*-1;;+3/p-1. The Balaban J connectivity index is 0.000000331. The average Bonchev–Trinajstić information content (AvgIpc) is 3.55. The molecular formula is C28H25ClSiZr. The van der Waals surface area contributed by atoms with Crippen molar-refractivity contribution in [3.63, 3.8) is 0 Å². The summed E-state index contributed by atoms with van der Waals surface area (Å²) < 4.78 is 0. The summed E-state index contributed by atoms with van der Waals surface area (Å²) in [5, 5.41) is 4.31. The molecule has 0 bridgehead atoms. The van der Waals surface area contributed by atoms with Crippen LogP contribution in [0.5, 0.6) is 0 Å². The van der Waals surface area contributed by atoms with Crippen LogP contribution in [0.15, 0.2) is 152 Å². The van der Waals surface area contributed by atoms with E-state index >= 15 is 0 Å². The molecule has 0 aliphatic heterocycles. The second kappa shape index (κ2) is 16.4. The molecule has 0 aromatic heterocycles. The van der Waals surface area contributed by atoms with Crippen LogP contribution < -0.4 is 28.0 Å². The van der Waals surface area contributed by atoms with E-state index in [-0.39, 0.29) is 38.6 Å². The largest absolute Gasteiger partial charge is 3.00 e. The fourth-order valence-corrected chi connectivity index (χ4v) is 5.53. The molecule has 2 radical (unpaired) electrons. The summed E-state index contributed by atoms with van der Waals surface area (Å²) in [4.78, 5) is 0. The smallest absolute Gasteiger partial charge is 1.00 e. The molecule has 0 N–H and O–H groups in total. The van der Waals surface area contributed by atoms with Gasteiger partial charge in [0.1, 0.15) is 0 Å². The fraction of sp³-hybridized carbons (Fsp3) is 0. The van der Waals surface area contributed by atoms with Crippen LogP contribution in [-0.4, -0.2) is 8.80 Å². The van der Waals surface area contributed by atoms with E-state index in [2.05, 4.69) is 91.0 Å². The van der Waals surface area contributed by atoms with Gasteiger partial charge < -0.3 is 12.4 Å². The van der Waals surface area contributed by atoms with Gasteiger partial charge in [0, 0.05) is 0 Å². The zero-order valence-corrected chi connectivity index (χ0v) is 21.5. The quantitative estimate of drug-likeness (QED) is 0.196. The van der Waals surface area contributed by atoms with Crippen LogP contribution in [0.1, 0.15) is 0 Å². The number of halogens is 1. The van der Waals surface area contributed by atoms with E-state index in [1.54, 1.807) is 0 Å². The predicted octanol–water partition coefficient (Wildman–Crippen LogP) is 2.02. The third-order valence-corrected chi connectivity index (χ3v) is 7.03. The number of benzene rings is 3. The molecule has 5 aromatic carbocycles. The molecule has 0 nitrogen and oxygen atoms in total. The van der Waals surface area contributed by atoms with Crippen LogP contribution in [0, 0.1) is 0 Å². The molecule has 0 amide bonds. The third kappa shape index (κ3) is 9.61. The molecule has 31 heavy (non-hydrogen) atoms. The van der Waals surface area contributed by atoms with Gasteiger partial charge in [-0.1, -0.05) is 107 Å². The first-order valence-corrected chi connectivity index (χ1v) is 11.3. The van der Waals surface area contributed by atoms with Gasteiger partial charge in [0.25, 0.3) is 0 Å². The van der Waals surface area contributed by atoms with Crippen molar-refractivity contribution in [3.8, 4) is 0 Å². The van der Waals surface area contributed by atoms with Gasteiger partial charge in [-0.2, -0.15) is 36.4 Å². The molecule has 5 rings (SSSR count). The van der Waals surface area contributed by atoms with Crippen molar-refractivity contribution in [2.24, 2.45) is 0 Å². The van der Waals surface area contributed by atoms with Crippen LogP contribution >= 0.6 is 0 Å². The molecule has 3 heteroatoms. The summed E-state index contributed by atoms with van der Waals surface area (Å²) in [7, 11) is -0.877. The Hall–Kier alpha value is -2.25. The molecule has 152 valence electrons. The molecule has 0 saturated heterocycles. The molecule has 0 saturated carbocycles. The Kier molecular flexibility index (Phi) is 14.2. The Morgan fingerprint density at radius 2 is 0.645 bits per heavy atom. The van der Waals surface area contributed by atoms with Gasteiger partial charge in [-0.25, -0.2) is 24.3 Å². The van der Waals surface area contributed by atoms with Crippen molar-refractivity contribution in [2.75, 3.05) is 0 Å². The topological polar surface area (TPSA) is 0 Å². The Labute approximate surface area is 213 Å². The fourth-order valence-electron chi connectivity index (χ4n) is 2.96. The zero-order valence-electron chi connectivity index (χ0n) is 17.3. The Morgan fingerprint density at radius 1 is 0.387 bits per heavy atom. The van der Waals surface area contributed by atoms with Gasteiger partial charge in [-0.3, -0.25) is 0 Å². The van der Waals surface area contributed by atoms with E-state index in [9.17, 15) is 0 Å². The maximum absolute atomic E-state index is 2.24. The molecule has 0 atom stereocenters. The van der Waals surface area contributed by atoms with E-state index in [4.69, 9.17) is 0 Å². The van der Waals surface area contributed by atoms with Crippen LogP contribution in [0.3, 0.4) is 0 Å². The molecular weight excluding hydrogens is 491 g/mol. The second-order valence-corrected chi connectivity index (χ2v) is 8.88. The SMILES string of the molecule is [Cl-].[Zr+3].c1cc[cH-]c1.c1cc[cH-]c1.c1ccc([Si](c2ccccc2)c2ccccc2)cc1. The van der Waals surface area contributed by atoms with Gasteiger partial charge in [0.15, 0.2) is 8.80 Å². The molecule has 5 aromatic rings. The first kappa shape index (κ1) is 26.8. The summed E-state index contributed by atoms with van der Waals surface area (Å²) in [5.74, 6) is 0. The van der Waals surface area contributed by atoms with E-state index in [1.807, 2.05) is 60.7 Å². The number of hydrogen-bond acceptors (Lipinski definition) is 0. The minimum absolute atomic E-state index is 0. The minimum Gasteiger partial charge on any atom is -1.00 e. The van der Waals surface area contributed by atoms with Gasteiger partial charge in [0.05, 0.1) is 0 Å². The van der Waals surface area contributed by atoms with E-state index in [0.717, 1.165) is 0 Å². The van der Waals surface area contributed by atoms with E-state index in [0.29, 0.717) is 0 Å². The molecule has 0 aliphatic rings. The van der Waals surface area contributed by atoms with Crippen molar-refractivity contribution >= 4 is 24.4 Å². The summed E-state index contributed by atoms with van der Waals surface area (Å²) in [6, 6.07) is 52.5. The first-order valence-electron chi connectivity index (χ1n) is 9.82. The Morgan fingerprint density at radius 3 is 0.839 bits per heavy atom. The monoisotopic (exact) mass is 514 g/mol. The maximum atomic E-state index is 2.24. The molecule has 0 heterocycles. The van der Waals surface area contributed by atoms with Crippen molar-refractivity contribution in [2.45, 2.75) is 0 Å². The third-order valence-electron chi connectivity index (χ3n) is 4.30. The van der Waals surface area contributed by atoms with Gasteiger partial charge in [-0.15, -0.1) is 0 Å². The maximum Gasteiger partial charge on any atom is 3.00 e. The zero-order chi connectivity index (χ0) is 20.0. The number of hydrogen-bond donors (Lipinski definition) is 0. The van der Waals surface area contributed by atoms with Crippen molar-refractivity contribution in [1.29, 1.82) is 0 Å². The van der Waals surface area contributed by atoms with Crippen molar-refractivity contribution < 1.29 is 38.6 Å². The van der Waals surface area contributed by atoms with Crippen LogP contribution in [0.25, 0.3) is 0 Å². The van der Waals surface area contributed by atoms with Crippen LogP contribution in [0.4, 0.5) is 0 Å². The summed E-state index contributed by atoms with van der Waals surface area (Å²) in [6.07, 6.45) is 0. The van der Waals surface area contributed by atoms with Gasteiger partial charge >= 0.3 is 26.2 Å². The van der Waals surface area contributed by atoms with Gasteiger partial charge in [-0.05, 0) is 0 Å².